The van der Waals surface area contributed by atoms with Crippen LogP contribution in [-0.4, -0.2) is 31.6 Å². The van der Waals surface area contributed by atoms with Crippen LogP contribution in [0.25, 0.3) is 11.3 Å². The molecule has 0 radical (unpaired) electrons. The Morgan fingerprint density at radius 2 is 1.44 bits per heavy atom. The van der Waals surface area contributed by atoms with E-state index in [2.05, 4.69) is 126 Å². The van der Waals surface area contributed by atoms with Crippen molar-refractivity contribution >= 4 is 39.2 Å². The van der Waals surface area contributed by atoms with Crippen LogP contribution in [0.15, 0.2) is 36.4 Å². The molecule has 0 bridgehead atoms. The van der Waals surface area contributed by atoms with Crippen molar-refractivity contribution in [2.45, 2.75) is 97.7 Å². The van der Waals surface area contributed by atoms with Crippen molar-refractivity contribution < 1.29 is 8.85 Å². The first-order valence-corrected chi connectivity index (χ1v) is 20.4. The fourth-order valence-electron chi connectivity index (χ4n) is 3.53. The van der Waals surface area contributed by atoms with Crippen molar-refractivity contribution in [1.29, 1.82) is 5.26 Å². The van der Waals surface area contributed by atoms with E-state index in [0.29, 0.717) is 12.1 Å². The Morgan fingerprint density at radius 3 is 1.92 bits per heavy atom. The van der Waals surface area contributed by atoms with Crippen LogP contribution in [0.3, 0.4) is 0 Å². The highest BCUT2D eigenvalue weighted by Crippen LogP contribution is 2.45. The summed E-state index contributed by atoms with van der Waals surface area (Å²) in [4.78, 5) is 0. The summed E-state index contributed by atoms with van der Waals surface area (Å²) in [6, 6.07) is 14.1. The predicted octanol–water partition coefficient (Wildman–Crippen LogP) is 8.80. The highest BCUT2D eigenvalue weighted by Gasteiger charge is 2.41. The third kappa shape index (κ3) is 6.95. The zero-order chi connectivity index (χ0) is 29.4. The van der Waals surface area contributed by atoms with Crippen LogP contribution in [-0.2, 0) is 13.0 Å². The van der Waals surface area contributed by atoms with Gasteiger partial charge in [0.1, 0.15) is 20.9 Å². The van der Waals surface area contributed by atoms with Crippen molar-refractivity contribution in [2.75, 3.05) is 0 Å². The quantitative estimate of drug-likeness (QED) is 0.176. The maximum absolute atomic E-state index is 9.12. The Bertz CT molecular complexity index is 1360. The fraction of sp³-hybridized carbons (Fsp3) is 0.500. The molecule has 0 amide bonds. The van der Waals surface area contributed by atoms with Crippen LogP contribution in [0, 0.1) is 15.0 Å². The topological polar surface area (TPSA) is 73.0 Å². The van der Waals surface area contributed by atoms with Crippen LogP contribution in [0.4, 0.5) is 0 Å². The van der Waals surface area contributed by atoms with Gasteiger partial charge in [0.25, 0.3) is 8.32 Å². The van der Waals surface area contributed by atoms with Gasteiger partial charge in [-0.1, -0.05) is 65.8 Å². The van der Waals surface area contributed by atoms with Gasteiger partial charge in [0, 0.05) is 11.6 Å². The van der Waals surface area contributed by atoms with E-state index in [1.807, 2.05) is 28.9 Å². The molecule has 0 unspecified atom stereocenters. The molecule has 210 valence electrons. The molecule has 0 fully saturated rings. The molecule has 1 heterocycles. The SMILES string of the molecule is CCc1cc(-c2nnn(Cc3ccc(C#N)cc3)c2I)c(O[Si](C)(C)C(C)(C)C)cc1O[Si](C)(C)C(C)(C)C. The van der Waals surface area contributed by atoms with Gasteiger partial charge in [0.15, 0.2) is 0 Å². The maximum Gasteiger partial charge on any atom is 0.250 e. The molecule has 0 spiro atoms. The molecule has 0 saturated heterocycles. The van der Waals surface area contributed by atoms with Crippen LogP contribution in [0.1, 0.15) is 65.2 Å². The summed E-state index contributed by atoms with van der Waals surface area (Å²) in [6.45, 7) is 25.4. The molecule has 0 atom stereocenters. The van der Waals surface area contributed by atoms with Crippen molar-refractivity contribution in [1.82, 2.24) is 15.0 Å². The number of hydrogen-bond donors (Lipinski definition) is 0. The Labute approximate surface area is 250 Å². The summed E-state index contributed by atoms with van der Waals surface area (Å²) < 4.78 is 16.7. The number of nitriles is 1. The van der Waals surface area contributed by atoms with Crippen molar-refractivity contribution in [2.24, 2.45) is 0 Å². The molecule has 2 aromatic carbocycles. The van der Waals surface area contributed by atoms with Crippen LogP contribution in [0.5, 0.6) is 11.5 Å². The third-order valence-corrected chi connectivity index (χ3v) is 18.0. The van der Waals surface area contributed by atoms with E-state index in [0.717, 1.165) is 44.0 Å². The van der Waals surface area contributed by atoms with E-state index in [1.54, 1.807) is 0 Å². The number of nitrogens with zero attached hydrogens (tertiary/aromatic N) is 4. The fourth-order valence-corrected chi connectivity index (χ4v) is 6.26. The zero-order valence-electron chi connectivity index (χ0n) is 25.4. The molecule has 9 heteroatoms. The minimum absolute atomic E-state index is 0.0362. The summed E-state index contributed by atoms with van der Waals surface area (Å²) >= 11 is 2.33. The molecule has 0 N–H and O–H groups in total. The van der Waals surface area contributed by atoms with Crippen LogP contribution < -0.4 is 8.85 Å². The van der Waals surface area contributed by atoms with Crippen LogP contribution >= 0.6 is 22.6 Å². The maximum atomic E-state index is 9.12. The Hall–Kier alpha value is -2.17. The Morgan fingerprint density at radius 1 is 0.897 bits per heavy atom. The molecule has 0 aliphatic carbocycles. The lowest BCUT2D eigenvalue weighted by Gasteiger charge is -2.39. The first-order valence-electron chi connectivity index (χ1n) is 13.5. The average Bonchev–Trinajstić information content (AvgIpc) is 3.17. The van der Waals surface area contributed by atoms with E-state index in [1.165, 1.54) is 0 Å². The molecule has 6 nitrogen and oxygen atoms in total. The zero-order valence-corrected chi connectivity index (χ0v) is 29.5. The standard InChI is InChI=1S/C30H43IN4O2Si2/c1-12-23-17-24(27-28(31)35(34-33-27)20-22-15-13-21(19-32)14-16-22)26(37-39(10,11)30(5,6)7)18-25(23)36-38(8,9)29(2,3)4/h13-18H,12,20H2,1-11H3. The largest absolute Gasteiger partial charge is 0.543 e. The van der Waals surface area contributed by atoms with Gasteiger partial charge in [-0.3, -0.25) is 0 Å². The third-order valence-electron chi connectivity index (χ3n) is 8.23. The van der Waals surface area contributed by atoms with Gasteiger partial charge in [-0.25, -0.2) is 4.68 Å². The molecular weight excluding hydrogens is 631 g/mol. The summed E-state index contributed by atoms with van der Waals surface area (Å²) in [7, 11) is -4.23. The second-order valence-corrected chi connectivity index (χ2v) is 23.7. The number of aryl methyl sites for hydroxylation is 1. The van der Waals surface area contributed by atoms with E-state index < -0.39 is 16.6 Å². The summed E-state index contributed by atoms with van der Waals surface area (Å²) in [5.74, 6) is 1.73. The molecule has 0 aliphatic rings. The van der Waals surface area contributed by atoms with Gasteiger partial charge in [-0.05, 0) is 94.6 Å². The van der Waals surface area contributed by atoms with Gasteiger partial charge in [-0.15, -0.1) is 5.10 Å². The lowest BCUT2D eigenvalue weighted by molar-refractivity contribution is 0.472. The molecule has 0 saturated carbocycles. The van der Waals surface area contributed by atoms with Crippen molar-refractivity contribution in [3.05, 3.63) is 56.8 Å². The lowest BCUT2D eigenvalue weighted by Crippen LogP contribution is -2.44. The monoisotopic (exact) mass is 674 g/mol. The molecule has 1 aromatic heterocycles. The number of halogens is 1. The van der Waals surface area contributed by atoms with Gasteiger partial charge in [0.2, 0.25) is 8.32 Å². The van der Waals surface area contributed by atoms with E-state index in [-0.39, 0.29) is 10.1 Å². The first-order chi connectivity index (χ1) is 17.9. The first kappa shape index (κ1) is 31.4. The van der Waals surface area contributed by atoms with Crippen molar-refractivity contribution in [3.63, 3.8) is 0 Å². The second kappa shape index (κ2) is 11.4. The highest BCUT2D eigenvalue weighted by atomic mass is 127. The van der Waals surface area contributed by atoms with Gasteiger partial charge < -0.3 is 8.85 Å². The second-order valence-electron chi connectivity index (χ2n) is 13.2. The Kier molecular flexibility index (Phi) is 9.15. The van der Waals surface area contributed by atoms with Gasteiger partial charge in [-0.2, -0.15) is 5.26 Å². The normalized spacial score (nSPS) is 12.8. The molecule has 3 rings (SSSR count). The number of rotatable bonds is 8. The predicted molar refractivity (Wildman–Crippen MR) is 173 cm³/mol. The lowest BCUT2D eigenvalue weighted by atomic mass is 10.0. The van der Waals surface area contributed by atoms with Crippen LogP contribution in [0.2, 0.25) is 36.3 Å². The Balaban J connectivity index is 2.14. The molecule has 0 aliphatic heterocycles. The minimum Gasteiger partial charge on any atom is -0.543 e. The smallest absolute Gasteiger partial charge is 0.250 e. The summed E-state index contributed by atoms with van der Waals surface area (Å²) in [5, 5.41) is 18.4. The summed E-state index contributed by atoms with van der Waals surface area (Å²) in [5.41, 5.74) is 4.62. The van der Waals surface area contributed by atoms with E-state index in [4.69, 9.17) is 14.1 Å². The minimum atomic E-state index is -2.16. The van der Waals surface area contributed by atoms with E-state index >= 15 is 0 Å². The number of hydrogen-bond acceptors (Lipinski definition) is 5. The van der Waals surface area contributed by atoms with Gasteiger partial charge >= 0.3 is 0 Å². The average molecular weight is 675 g/mol. The molecular formula is C30H43IN4O2Si2. The van der Waals surface area contributed by atoms with Gasteiger partial charge in [0.05, 0.1) is 18.2 Å². The number of aromatic nitrogens is 3. The molecule has 39 heavy (non-hydrogen) atoms. The van der Waals surface area contributed by atoms with E-state index in [9.17, 15) is 0 Å². The number of benzene rings is 2. The highest BCUT2D eigenvalue weighted by molar-refractivity contribution is 14.1. The van der Waals surface area contributed by atoms with Crippen molar-refractivity contribution in [3.8, 4) is 28.8 Å². The molecule has 3 aromatic rings. The summed E-state index contributed by atoms with van der Waals surface area (Å²) in [6.07, 6.45) is 0.841.